The number of imidazole rings is 1. The van der Waals surface area contributed by atoms with Crippen LogP contribution in [0.15, 0.2) is 15.9 Å². The molecule has 0 bridgehead atoms. The van der Waals surface area contributed by atoms with Crippen LogP contribution >= 0.6 is 0 Å². The van der Waals surface area contributed by atoms with Crippen molar-refractivity contribution in [3.8, 4) is 0 Å². The first kappa shape index (κ1) is 16.5. The van der Waals surface area contributed by atoms with Crippen LogP contribution in [0.5, 0.6) is 0 Å². The molecule has 0 spiro atoms. The van der Waals surface area contributed by atoms with E-state index in [1.54, 1.807) is 15.5 Å². The lowest BCUT2D eigenvalue weighted by molar-refractivity contribution is 0.484. The molecule has 1 unspecified atom stereocenters. The van der Waals surface area contributed by atoms with Crippen molar-refractivity contribution >= 4 is 11.2 Å². The summed E-state index contributed by atoms with van der Waals surface area (Å²) in [6, 6.07) is -0.208. The van der Waals surface area contributed by atoms with Gasteiger partial charge in [0.25, 0.3) is 5.56 Å². The summed E-state index contributed by atoms with van der Waals surface area (Å²) in [5.74, 6) is 0. The Morgan fingerprint density at radius 3 is 2.55 bits per heavy atom. The predicted molar refractivity (Wildman–Crippen MR) is 87.1 cm³/mol. The van der Waals surface area contributed by atoms with Gasteiger partial charge in [0.15, 0.2) is 11.2 Å². The number of hydrogen-bond donors (Lipinski definition) is 1. The van der Waals surface area contributed by atoms with E-state index in [-0.39, 0.29) is 23.8 Å². The van der Waals surface area contributed by atoms with Gasteiger partial charge in [-0.1, -0.05) is 20.3 Å². The van der Waals surface area contributed by atoms with E-state index in [2.05, 4.69) is 11.9 Å². The highest BCUT2D eigenvalue weighted by molar-refractivity contribution is 5.70. The summed E-state index contributed by atoms with van der Waals surface area (Å²) in [6.07, 6.45) is 4.17. The Labute approximate surface area is 129 Å². The number of nitrogens with zero attached hydrogens (tertiary/aromatic N) is 4. The Balaban J connectivity index is 2.72. The van der Waals surface area contributed by atoms with Crippen LogP contribution in [0.3, 0.4) is 0 Å². The Bertz CT molecular complexity index is 756. The summed E-state index contributed by atoms with van der Waals surface area (Å²) in [5.41, 5.74) is 6.31. The normalized spacial score (nSPS) is 12.9. The summed E-state index contributed by atoms with van der Waals surface area (Å²) < 4.78 is 4.66. The van der Waals surface area contributed by atoms with Crippen LogP contribution in [-0.4, -0.2) is 24.7 Å². The van der Waals surface area contributed by atoms with E-state index < -0.39 is 0 Å². The molecule has 0 aliphatic rings. The third kappa shape index (κ3) is 2.85. The van der Waals surface area contributed by atoms with Crippen molar-refractivity contribution in [1.82, 2.24) is 18.7 Å². The van der Waals surface area contributed by atoms with E-state index in [1.807, 2.05) is 13.8 Å². The Morgan fingerprint density at radius 1 is 1.23 bits per heavy atom. The molecule has 1 atom stereocenters. The van der Waals surface area contributed by atoms with Crippen molar-refractivity contribution in [1.29, 1.82) is 0 Å². The van der Waals surface area contributed by atoms with E-state index in [1.165, 1.54) is 4.57 Å². The van der Waals surface area contributed by atoms with Gasteiger partial charge in [0.2, 0.25) is 0 Å². The smallest absolute Gasteiger partial charge is 0.326 e. The number of fused-ring (bicyclic) bond motifs is 1. The topological polar surface area (TPSA) is 87.8 Å². The van der Waals surface area contributed by atoms with Crippen LogP contribution in [0.4, 0.5) is 0 Å². The first-order valence-electron chi connectivity index (χ1n) is 7.99. The van der Waals surface area contributed by atoms with Gasteiger partial charge in [0.05, 0.1) is 6.33 Å². The third-order valence-electron chi connectivity index (χ3n) is 4.00. The molecule has 2 aromatic rings. The molecule has 0 aromatic carbocycles. The second-order valence-electron chi connectivity index (χ2n) is 5.57. The predicted octanol–water partition coefficient (Wildman–Crippen LogP) is 0.917. The first-order valence-corrected chi connectivity index (χ1v) is 7.99. The van der Waals surface area contributed by atoms with Gasteiger partial charge in [-0.25, -0.2) is 9.78 Å². The number of nitrogens with two attached hydrogens (primary N) is 1. The molecule has 2 N–H and O–H groups in total. The highest BCUT2D eigenvalue weighted by Crippen LogP contribution is 2.08. The zero-order chi connectivity index (χ0) is 16.3. The van der Waals surface area contributed by atoms with Crippen molar-refractivity contribution in [2.45, 2.75) is 65.7 Å². The van der Waals surface area contributed by atoms with Crippen molar-refractivity contribution in [3.63, 3.8) is 0 Å². The summed E-state index contributed by atoms with van der Waals surface area (Å²) in [5, 5.41) is 0. The quantitative estimate of drug-likeness (QED) is 0.824. The fourth-order valence-corrected chi connectivity index (χ4v) is 2.52. The van der Waals surface area contributed by atoms with Gasteiger partial charge in [-0.3, -0.25) is 13.9 Å². The van der Waals surface area contributed by atoms with Crippen molar-refractivity contribution in [2.75, 3.05) is 0 Å². The third-order valence-corrected chi connectivity index (χ3v) is 4.00. The van der Waals surface area contributed by atoms with E-state index >= 15 is 0 Å². The molecule has 2 heterocycles. The Hall–Kier alpha value is -1.89. The van der Waals surface area contributed by atoms with Crippen LogP contribution in [-0.2, 0) is 19.6 Å². The fourth-order valence-electron chi connectivity index (χ4n) is 2.52. The maximum atomic E-state index is 12.7. The molecule has 0 radical (unpaired) electrons. The average molecular weight is 307 g/mol. The van der Waals surface area contributed by atoms with Gasteiger partial charge in [-0.05, 0) is 19.8 Å². The molecule has 0 fully saturated rings. The highest BCUT2D eigenvalue weighted by Gasteiger charge is 2.18. The summed E-state index contributed by atoms with van der Waals surface area (Å²) in [6.45, 7) is 7.40. The van der Waals surface area contributed by atoms with Crippen LogP contribution in [0.1, 0.15) is 40.0 Å². The van der Waals surface area contributed by atoms with Crippen molar-refractivity contribution in [3.05, 3.63) is 27.2 Å². The maximum Gasteiger partial charge on any atom is 0.332 e. The molecule has 22 heavy (non-hydrogen) atoms. The lowest BCUT2D eigenvalue weighted by Gasteiger charge is -2.14. The maximum absolute atomic E-state index is 12.7. The molecule has 0 saturated carbocycles. The van der Waals surface area contributed by atoms with Crippen LogP contribution < -0.4 is 17.0 Å². The van der Waals surface area contributed by atoms with Gasteiger partial charge < -0.3 is 10.3 Å². The molecular weight excluding hydrogens is 282 g/mol. The Kier molecular flexibility index (Phi) is 5.18. The summed E-state index contributed by atoms with van der Waals surface area (Å²) in [4.78, 5) is 29.7. The van der Waals surface area contributed by atoms with Crippen LogP contribution in [0.2, 0.25) is 0 Å². The second-order valence-corrected chi connectivity index (χ2v) is 5.57. The number of unbranched alkanes of at least 4 members (excludes halogenated alkanes) is 1. The lowest BCUT2D eigenvalue weighted by Crippen LogP contribution is -2.44. The minimum Gasteiger partial charge on any atom is -0.326 e. The molecular formula is C15H25N5O2. The monoisotopic (exact) mass is 307 g/mol. The first-order chi connectivity index (χ1) is 10.5. The van der Waals surface area contributed by atoms with E-state index in [9.17, 15) is 9.59 Å². The van der Waals surface area contributed by atoms with Gasteiger partial charge in [-0.2, -0.15) is 0 Å². The largest absolute Gasteiger partial charge is 0.332 e. The second kappa shape index (κ2) is 6.91. The van der Waals surface area contributed by atoms with Gasteiger partial charge in [0.1, 0.15) is 0 Å². The lowest BCUT2D eigenvalue weighted by atomic mass is 10.2. The molecule has 2 rings (SSSR count). The average Bonchev–Trinajstić information content (AvgIpc) is 2.95. The van der Waals surface area contributed by atoms with E-state index in [4.69, 9.17) is 5.73 Å². The van der Waals surface area contributed by atoms with Crippen molar-refractivity contribution in [2.24, 2.45) is 5.73 Å². The molecule has 2 aromatic heterocycles. The van der Waals surface area contributed by atoms with Crippen LogP contribution in [0.25, 0.3) is 11.2 Å². The van der Waals surface area contributed by atoms with Gasteiger partial charge in [0, 0.05) is 25.7 Å². The van der Waals surface area contributed by atoms with Crippen molar-refractivity contribution < 1.29 is 0 Å². The summed E-state index contributed by atoms with van der Waals surface area (Å²) in [7, 11) is 0. The number of hydrogen-bond acceptors (Lipinski definition) is 4. The zero-order valence-corrected chi connectivity index (χ0v) is 13.6. The zero-order valence-electron chi connectivity index (χ0n) is 13.6. The van der Waals surface area contributed by atoms with Crippen LogP contribution in [0, 0.1) is 0 Å². The number of rotatable bonds is 7. The molecule has 0 saturated heterocycles. The summed E-state index contributed by atoms with van der Waals surface area (Å²) >= 11 is 0. The molecule has 122 valence electrons. The molecule has 0 aliphatic heterocycles. The standard InChI is InChI=1S/C15H25N5O2/c1-4-7-8-19-13-12(18(6-3)10-17-13)14(21)20(15(19)22)9-11(16)5-2/h10-11H,4-9,16H2,1-3H3. The molecule has 0 amide bonds. The fraction of sp³-hybridized carbons (Fsp3) is 0.667. The minimum absolute atomic E-state index is 0.208. The number of aromatic nitrogens is 4. The molecule has 0 aliphatic carbocycles. The Morgan fingerprint density at radius 2 is 1.95 bits per heavy atom. The molecule has 7 heteroatoms. The van der Waals surface area contributed by atoms with E-state index in [0.29, 0.717) is 30.7 Å². The minimum atomic E-state index is -0.309. The molecule has 7 nitrogen and oxygen atoms in total. The SMILES string of the molecule is CCCCn1c(=O)n(CC(N)CC)c(=O)c2c1ncn2CC. The number of aryl methyl sites for hydroxylation is 2. The highest BCUT2D eigenvalue weighted by atomic mass is 16.2. The van der Waals surface area contributed by atoms with E-state index in [0.717, 1.165) is 12.8 Å². The van der Waals surface area contributed by atoms with Gasteiger partial charge in [-0.15, -0.1) is 0 Å². The van der Waals surface area contributed by atoms with Gasteiger partial charge >= 0.3 is 5.69 Å².